The summed E-state index contributed by atoms with van der Waals surface area (Å²) >= 11 is 7.35. The number of benzene rings is 2. The van der Waals surface area contributed by atoms with Crippen LogP contribution in [-0.4, -0.2) is 72.4 Å². The first-order valence-electron chi connectivity index (χ1n) is 15.0. The van der Waals surface area contributed by atoms with Crippen LogP contribution in [0.5, 0.6) is 0 Å². The fourth-order valence-corrected chi connectivity index (χ4v) is 6.23. The predicted molar refractivity (Wildman–Crippen MR) is 179 cm³/mol. The normalized spacial score (nSPS) is 13.7. The van der Waals surface area contributed by atoms with E-state index in [-0.39, 0.29) is 23.1 Å². The second-order valence-electron chi connectivity index (χ2n) is 10.2. The van der Waals surface area contributed by atoms with Crippen molar-refractivity contribution < 1.29 is 14.3 Å². The Morgan fingerprint density at radius 2 is 1.75 bits per heavy atom. The lowest BCUT2D eigenvalue weighted by Crippen LogP contribution is -2.40. The van der Waals surface area contributed by atoms with E-state index >= 15 is 0 Å². The molecule has 0 unspecified atom stereocenters. The van der Waals surface area contributed by atoms with Crippen molar-refractivity contribution in [3.63, 3.8) is 0 Å². The smallest absolute Gasteiger partial charge is 0.342 e. The number of nitrogens with zero attached hydrogens (tertiary/aromatic N) is 5. The number of morpholine rings is 1. The van der Waals surface area contributed by atoms with Crippen molar-refractivity contribution in [1.29, 1.82) is 0 Å². The Morgan fingerprint density at radius 3 is 2.39 bits per heavy atom. The van der Waals surface area contributed by atoms with Crippen LogP contribution in [0.25, 0.3) is 15.9 Å². The zero-order valence-corrected chi connectivity index (χ0v) is 26.8. The SMILES string of the molecule is CCCN(CCC)/C(=N\c1sc2nc(N3CCOCC3)n(-c3ccccc3)c(=O)c2c1C(=O)OCC)Nc1ccc(Cl)cc1. The van der Waals surface area contributed by atoms with Crippen LogP contribution in [0.3, 0.4) is 0 Å². The number of esters is 1. The molecule has 12 heteroatoms. The van der Waals surface area contributed by atoms with Gasteiger partial charge in [0.2, 0.25) is 11.9 Å². The van der Waals surface area contributed by atoms with Gasteiger partial charge in [0, 0.05) is 36.9 Å². The van der Waals surface area contributed by atoms with E-state index in [2.05, 4.69) is 24.1 Å². The standard InChI is InChI=1S/C32H37ClN6O4S/c1-4-16-37(17-5-2)31(34-23-14-12-22(33)13-15-23)35-28-26(30(41)43-6-3)25-27(44-28)36-32(38-18-20-42-21-19-38)39(29(25)40)24-10-8-7-9-11-24/h7-15H,4-6,16-21H2,1-3H3,(H,34,35). The lowest BCUT2D eigenvalue weighted by molar-refractivity contribution is 0.0530. The molecule has 2 aromatic heterocycles. The molecule has 0 atom stereocenters. The predicted octanol–water partition coefficient (Wildman–Crippen LogP) is 6.34. The van der Waals surface area contributed by atoms with Crippen molar-refractivity contribution in [2.45, 2.75) is 33.6 Å². The van der Waals surface area contributed by atoms with E-state index in [1.807, 2.05) is 47.4 Å². The van der Waals surface area contributed by atoms with Gasteiger partial charge in [0.1, 0.15) is 15.4 Å². The van der Waals surface area contributed by atoms with Crippen LogP contribution in [0.15, 0.2) is 64.4 Å². The molecule has 0 aliphatic carbocycles. The number of aromatic nitrogens is 2. The molecule has 1 fully saturated rings. The van der Waals surface area contributed by atoms with E-state index in [1.54, 1.807) is 23.6 Å². The van der Waals surface area contributed by atoms with Crippen molar-refractivity contribution in [2.24, 2.45) is 4.99 Å². The summed E-state index contributed by atoms with van der Waals surface area (Å²) in [6.07, 6.45) is 1.79. The zero-order chi connectivity index (χ0) is 31.1. The zero-order valence-electron chi connectivity index (χ0n) is 25.2. The molecule has 2 aromatic carbocycles. The molecule has 10 nitrogen and oxygen atoms in total. The summed E-state index contributed by atoms with van der Waals surface area (Å²) in [7, 11) is 0. The third-order valence-electron chi connectivity index (χ3n) is 7.07. The molecule has 0 bridgehead atoms. The minimum Gasteiger partial charge on any atom is -0.462 e. The van der Waals surface area contributed by atoms with Gasteiger partial charge in [0.05, 0.1) is 30.9 Å². The second-order valence-corrected chi connectivity index (χ2v) is 11.6. The molecule has 0 amide bonds. The Hall–Kier alpha value is -3.93. The minimum atomic E-state index is -0.612. The lowest BCUT2D eigenvalue weighted by Gasteiger charge is -2.29. The highest BCUT2D eigenvalue weighted by molar-refractivity contribution is 7.22. The molecule has 3 heterocycles. The average molecular weight is 637 g/mol. The molecule has 0 radical (unpaired) electrons. The maximum Gasteiger partial charge on any atom is 0.342 e. The number of aliphatic imine (C=N–C) groups is 1. The van der Waals surface area contributed by atoms with Gasteiger partial charge in [-0.05, 0) is 56.2 Å². The molecule has 1 saturated heterocycles. The summed E-state index contributed by atoms with van der Waals surface area (Å²) < 4.78 is 12.6. The third kappa shape index (κ3) is 6.90. The molecule has 5 rings (SSSR count). The maximum absolute atomic E-state index is 14.5. The quantitative estimate of drug-likeness (QED) is 0.122. The van der Waals surface area contributed by atoms with Crippen LogP contribution < -0.4 is 15.8 Å². The van der Waals surface area contributed by atoms with Gasteiger partial charge in [0.15, 0.2) is 0 Å². The molecule has 0 spiro atoms. The van der Waals surface area contributed by atoms with Crippen LogP contribution in [0.1, 0.15) is 44.0 Å². The van der Waals surface area contributed by atoms with Gasteiger partial charge in [-0.25, -0.2) is 19.3 Å². The minimum absolute atomic E-state index is 0.117. The second kappa shape index (κ2) is 14.7. The molecule has 1 aliphatic rings. The van der Waals surface area contributed by atoms with Gasteiger partial charge < -0.3 is 24.6 Å². The van der Waals surface area contributed by atoms with Gasteiger partial charge in [-0.3, -0.25) is 4.79 Å². The number of halogens is 1. The van der Waals surface area contributed by atoms with Crippen molar-refractivity contribution in [3.8, 4) is 5.69 Å². The number of anilines is 2. The van der Waals surface area contributed by atoms with Crippen LogP contribution in [0.2, 0.25) is 5.02 Å². The Kier molecular flexibility index (Phi) is 10.5. The number of guanidine groups is 1. The van der Waals surface area contributed by atoms with Gasteiger partial charge in [0.25, 0.3) is 5.56 Å². The highest BCUT2D eigenvalue weighted by Gasteiger charge is 2.29. The Balaban J connectivity index is 1.76. The van der Waals surface area contributed by atoms with E-state index in [4.69, 9.17) is 31.1 Å². The summed E-state index contributed by atoms with van der Waals surface area (Å²) in [5, 5.41) is 4.60. The van der Waals surface area contributed by atoms with Gasteiger partial charge in [-0.15, -0.1) is 0 Å². The summed E-state index contributed by atoms with van der Waals surface area (Å²) in [5.74, 6) is 0.450. The highest BCUT2D eigenvalue weighted by atomic mass is 35.5. The van der Waals surface area contributed by atoms with Crippen LogP contribution >= 0.6 is 22.9 Å². The van der Waals surface area contributed by atoms with Crippen molar-refractivity contribution in [2.75, 3.05) is 56.2 Å². The Morgan fingerprint density at radius 1 is 1.07 bits per heavy atom. The number of nitrogens with one attached hydrogen (secondary N) is 1. The number of thiophene rings is 1. The fourth-order valence-electron chi connectivity index (χ4n) is 5.08. The number of hydrogen-bond acceptors (Lipinski definition) is 8. The summed E-state index contributed by atoms with van der Waals surface area (Å²) in [6.45, 7) is 9.82. The van der Waals surface area contributed by atoms with Gasteiger partial charge in [-0.2, -0.15) is 0 Å². The first-order valence-corrected chi connectivity index (χ1v) is 16.2. The van der Waals surface area contributed by atoms with Crippen molar-refractivity contribution in [1.82, 2.24) is 14.5 Å². The molecule has 0 saturated carbocycles. The summed E-state index contributed by atoms with van der Waals surface area (Å²) in [6, 6.07) is 16.7. The molecule has 4 aromatic rings. The summed E-state index contributed by atoms with van der Waals surface area (Å²) in [5.41, 5.74) is 1.21. The number of hydrogen-bond donors (Lipinski definition) is 1. The average Bonchev–Trinajstić information content (AvgIpc) is 3.41. The van der Waals surface area contributed by atoms with Crippen molar-refractivity contribution >= 4 is 61.7 Å². The molecular formula is C32H37ClN6O4S. The summed E-state index contributed by atoms with van der Waals surface area (Å²) in [4.78, 5) is 42.7. The van der Waals surface area contributed by atoms with E-state index in [1.165, 1.54) is 11.3 Å². The first-order chi connectivity index (χ1) is 21.4. The fraction of sp³-hybridized carbons (Fsp3) is 0.375. The monoisotopic (exact) mass is 636 g/mol. The van der Waals surface area contributed by atoms with E-state index in [0.29, 0.717) is 58.8 Å². The van der Waals surface area contributed by atoms with Gasteiger partial charge in [-0.1, -0.05) is 55.0 Å². The van der Waals surface area contributed by atoms with Crippen LogP contribution in [0.4, 0.5) is 16.6 Å². The number of ether oxygens (including phenoxy) is 2. The Bertz CT molecular complexity index is 1660. The molecule has 1 aliphatic heterocycles. The van der Waals surface area contributed by atoms with Crippen LogP contribution in [-0.2, 0) is 9.47 Å². The number of carbonyl (C=O) groups is 1. The molecule has 232 valence electrons. The van der Waals surface area contributed by atoms with Crippen molar-refractivity contribution in [3.05, 3.63) is 75.5 Å². The van der Waals surface area contributed by atoms with E-state index in [0.717, 1.165) is 31.6 Å². The van der Waals surface area contributed by atoms with E-state index < -0.39 is 5.97 Å². The van der Waals surface area contributed by atoms with Gasteiger partial charge >= 0.3 is 5.97 Å². The first kappa shape index (κ1) is 31.5. The number of carbonyl (C=O) groups excluding carboxylic acids is 1. The third-order valence-corrected chi connectivity index (χ3v) is 8.30. The lowest BCUT2D eigenvalue weighted by atomic mass is 10.2. The number of rotatable bonds is 10. The topological polar surface area (TPSA) is 101 Å². The molecule has 44 heavy (non-hydrogen) atoms. The Labute approximate surface area is 265 Å². The molecular weight excluding hydrogens is 600 g/mol. The maximum atomic E-state index is 14.5. The highest BCUT2D eigenvalue weighted by Crippen LogP contribution is 2.38. The van der Waals surface area contributed by atoms with Crippen LogP contribution in [0, 0.1) is 0 Å². The largest absolute Gasteiger partial charge is 0.462 e. The number of para-hydroxylation sites is 1. The molecule has 1 N–H and O–H groups in total. The number of fused-ring (bicyclic) bond motifs is 1. The van der Waals surface area contributed by atoms with E-state index in [9.17, 15) is 9.59 Å².